The van der Waals surface area contributed by atoms with E-state index in [1.807, 2.05) is 23.1 Å². The number of aliphatic hydroxyl groups excluding tert-OH is 1. The van der Waals surface area contributed by atoms with Gasteiger partial charge in [-0.1, -0.05) is 30.3 Å². The molecule has 1 aromatic rings. The maximum absolute atomic E-state index is 12.6. The molecule has 2 fully saturated rings. The zero-order valence-corrected chi connectivity index (χ0v) is 12.9. The Kier molecular flexibility index (Phi) is 5.08. The fraction of sp³-hybridized carbons (Fsp3) is 0.588. The third-order valence-corrected chi connectivity index (χ3v) is 4.75. The Morgan fingerprint density at radius 1 is 1.14 bits per heavy atom. The molecular formula is C17H25N3O2. The molecule has 22 heavy (non-hydrogen) atoms. The van der Waals surface area contributed by atoms with E-state index < -0.39 is 0 Å². The van der Waals surface area contributed by atoms with Crippen LogP contribution in [0, 0.1) is 0 Å². The number of hydrogen-bond donors (Lipinski definition) is 2. The van der Waals surface area contributed by atoms with Crippen LogP contribution in [0.4, 0.5) is 0 Å². The van der Waals surface area contributed by atoms with Crippen LogP contribution in [0.1, 0.15) is 24.4 Å². The first-order valence-electron chi connectivity index (χ1n) is 8.21. The highest BCUT2D eigenvalue weighted by Gasteiger charge is 2.33. The molecule has 1 aromatic carbocycles. The minimum Gasteiger partial charge on any atom is -0.395 e. The summed E-state index contributed by atoms with van der Waals surface area (Å²) in [6.07, 6.45) is 1.93. The first-order chi connectivity index (χ1) is 10.8. The molecule has 0 bridgehead atoms. The number of amides is 1. The average molecular weight is 303 g/mol. The molecule has 0 unspecified atom stereocenters. The van der Waals surface area contributed by atoms with Crippen LogP contribution in [0.5, 0.6) is 0 Å². The molecule has 0 radical (unpaired) electrons. The van der Waals surface area contributed by atoms with E-state index in [4.69, 9.17) is 5.11 Å². The van der Waals surface area contributed by atoms with Gasteiger partial charge in [-0.15, -0.1) is 0 Å². The molecule has 120 valence electrons. The first-order valence-corrected chi connectivity index (χ1v) is 8.21. The lowest BCUT2D eigenvalue weighted by Crippen LogP contribution is -2.53. The maximum Gasteiger partial charge on any atom is 0.239 e. The van der Waals surface area contributed by atoms with Gasteiger partial charge in [-0.3, -0.25) is 15.0 Å². The molecule has 2 atom stereocenters. The summed E-state index contributed by atoms with van der Waals surface area (Å²) in [6.45, 7) is 4.17. The van der Waals surface area contributed by atoms with Gasteiger partial charge in [-0.2, -0.15) is 0 Å². The van der Waals surface area contributed by atoms with E-state index >= 15 is 0 Å². The first kappa shape index (κ1) is 15.5. The van der Waals surface area contributed by atoms with E-state index in [1.54, 1.807) is 0 Å². The fourth-order valence-corrected chi connectivity index (χ4v) is 3.44. The summed E-state index contributed by atoms with van der Waals surface area (Å²) in [5.74, 6) is 0.238. The number of piperazine rings is 1. The van der Waals surface area contributed by atoms with Crippen molar-refractivity contribution in [1.82, 2.24) is 15.1 Å². The fourth-order valence-electron chi connectivity index (χ4n) is 3.44. The molecule has 2 saturated heterocycles. The molecule has 2 N–H and O–H groups in total. The summed E-state index contributed by atoms with van der Waals surface area (Å²) in [7, 11) is 0. The van der Waals surface area contributed by atoms with Gasteiger partial charge in [0.25, 0.3) is 0 Å². The van der Waals surface area contributed by atoms with Crippen LogP contribution in [0.25, 0.3) is 0 Å². The second kappa shape index (κ2) is 7.22. The van der Waals surface area contributed by atoms with Gasteiger partial charge in [0, 0.05) is 38.8 Å². The molecule has 2 aliphatic heterocycles. The second-order valence-electron chi connectivity index (χ2n) is 6.15. The van der Waals surface area contributed by atoms with E-state index in [1.165, 1.54) is 5.56 Å². The van der Waals surface area contributed by atoms with Crippen LogP contribution in [0.15, 0.2) is 30.3 Å². The molecule has 0 aromatic heterocycles. The summed E-state index contributed by atoms with van der Waals surface area (Å²) in [5, 5.41) is 12.5. The van der Waals surface area contributed by atoms with Gasteiger partial charge >= 0.3 is 0 Å². The molecule has 0 spiro atoms. The number of rotatable bonds is 4. The lowest BCUT2D eigenvalue weighted by atomic mass is 10.1. The summed E-state index contributed by atoms with van der Waals surface area (Å²) in [4.78, 5) is 16.8. The lowest BCUT2D eigenvalue weighted by Gasteiger charge is -2.35. The summed E-state index contributed by atoms with van der Waals surface area (Å²) in [5.41, 5.74) is 1.27. The van der Waals surface area contributed by atoms with Gasteiger partial charge in [0.1, 0.15) is 0 Å². The SMILES string of the molecule is O=C([C@H]1CC[C@H](c2ccccc2)N1)N1CCN(CCO)CC1. The number of carbonyl (C=O) groups is 1. The predicted molar refractivity (Wildman–Crippen MR) is 85.4 cm³/mol. The van der Waals surface area contributed by atoms with Gasteiger partial charge in [-0.05, 0) is 18.4 Å². The Morgan fingerprint density at radius 3 is 2.55 bits per heavy atom. The van der Waals surface area contributed by atoms with E-state index in [2.05, 4.69) is 22.3 Å². The summed E-state index contributed by atoms with van der Waals surface area (Å²) >= 11 is 0. The van der Waals surface area contributed by atoms with E-state index in [0.717, 1.165) is 39.0 Å². The molecule has 0 aliphatic carbocycles. The Labute approximate surface area is 131 Å². The second-order valence-corrected chi connectivity index (χ2v) is 6.15. The highest BCUT2D eigenvalue weighted by Crippen LogP contribution is 2.27. The minimum atomic E-state index is -0.0467. The summed E-state index contributed by atoms with van der Waals surface area (Å²) < 4.78 is 0. The van der Waals surface area contributed by atoms with E-state index in [-0.39, 0.29) is 18.6 Å². The van der Waals surface area contributed by atoms with Crippen molar-refractivity contribution >= 4 is 5.91 Å². The van der Waals surface area contributed by atoms with Crippen molar-refractivity contribution in [2.45, 2.75) is 24.9 Å². The smallest absolute Gasteiger partial charge is 0.239 e. The molecular weight excluding hydrogens is 278 g/mol. The van der Waals surface area contributed by atoms with E-state index in [0.29, 0.717) is 12.6 Å². The van der Waals surface area contributed by atoms with Gasteiger partial charge < -0.3 is 10.0 Å². The Bertz CT molecular complexity index is 486. The van der Waals surface area contributed by atoms with Crippen LogP contribution in [0.2, 0.25) is 0 Å². The van der Waals surface area contributed by atoms with Crippen molar-refractivity contribution in [3.05, 3.63) is 35.9 Å². The molecule has 2 aliphatic rings. The Hall–Kier alpha value is -1.43. The molecule has 5 heteroatoms. The van der Waals surface area contributed by atoms with E-state index in [9.17, 15) is 4.79 Å². The molecule has 3 rings (SSSR count). The number of hydrogen-bond acceptors (Lipinski definition) is 4. The molecule has 0 saturated carbocycles. The Balaban J connectivity index is 1.52. The van der Waals surface area contributed by atoms with Crippen LogP contribution in [-0.4, -0.2) is 66.2 Å². The number of carbonyl (C=O) groups excluding carboxylic acids is 1. The zero-order chi connectivity index (χ0) is 15.4. The standard InChI is InChI=1S/C17H25N3O2/c21-13-12-19-8-10-20(11-9-19)17(22)16-7-6-15(18-16)14-4-2-1-3-5-14/h1-5,15-16,18,21H,6-13H2/t15-,16-/m1/s1. The zero-order valence-electron chi connectivity index (χ0n) is 12.9. The third kappa shape index (κ3) is 3.48. The number of nitrogens with one attached hydrogen (secondary N) is 1. The Morgan fingerprint density at radius 2 is 1.86 bits per heavy atom. The number of nitrogens with zero attached hydrogens (tertiary/aromatic N) is 2. The van der Waals surface area contributed by atoms with Gasteiger partial charge in [-0.25, -0.2) is 0 Å². The topological polar surface area (TPSA) is 55.8 Å². The number of β-amino-alcohol motifs (C(OH)–C–C–N with tert-alkyl or cyclic N) is 1. The average Bonchev–Trinajstić information content (AvgIpc) is 3.06. The van der Waals surface area contributed by atoms with Crippen LogP contribution >= 0.6 is 0 Å². The molecule has 2 heterocycles. The predicted octanol–water partition coefficient (Wildman–Crippen LogP) is 0.616. The number of aliphatic hydroxyl groups is 1. The largest absolute Gasteiger partial charge is 0.395 e. The van der Waals surface area contributed by atoms with Gasteiger partial charge in [0.2, 0.25) is 5.91 Å². The van der Waals surface area contributed by atoms with Crippen molar-refractivity contribution in [2.24, 2.45) is 0 Å². The van der Waals surface area contributed by atoms with Crippen molar-refractivity contribution in [3.8, 4) is 0 Å². The van der Waals surface area contributed by atoms with Crippen molar-refractivity contribution in [1.29, 1.82) is 0 Å². The van der Waals surface area contributed by atoms with Gasteiger partial charge in [0.05, 0.1) is 12.6 Å². The monoisotopic (exact) mass is 303 g/mol. The van der Waals surface area contributed by atoms with Crippen molar-refractivity contribution in [2.75, 3.05) is 39.3 Å². The maximum atomic E-state index is 12.6. The molecule has 5 nitrogen and oxygen atoms in total. The minimum absolute atomic E-state index is 0.0467. The van der Waals surface area contributed by atoms with Crippen molar-refractivity contribution in [3.63, 3.8) is 0 Å². The number of benzene rings is 1. The lowest BCUT2D eigenvalue weighted by molar-refractivity contribution is -0.134. The normalized spacial score (nSPS) is 26.3. The summed E-state index contributed by atoms with van der Waals surface area (Å²) in [6, 6.07) is 10.6. The molecule has 1 amide bonds. The quantitative estimate of drug-likeness (QED) is 0.856. The highest BCUT2D eigenvalue weighted by molar-refractivity contribution is 5.82. The van der Waals surface area contributed by atoms with Crippen molar-refractivity contribution < 1.29 is 9.90 Å². The van der Waals surface area contributed by atoms with Gasteiger partial charge in [0.15, 0.2) is 0 Å². The highest BCUT2D eigenvalue weighted by atomic mass is 16.3. The van der Waals surface area contributed by atoms with Crippen LogP contribution in [0.3, 0.4) is 0 Å². The van der Waals surface area contributed by atoms with Crippen LogP contribution in [-0.2, 0) is 4.79 Å². The van der Waals surface area contributed by atoms with Crippen LogP contribution < -0.4 is 5.32 Å². The third-order valence-electron chi connectivity index (χ3n) is 4.75.